The molecule has 2 amide bonds. The standard InChI is InChI=1S/C6H13N3O3/c1-2-9(12)4-3-8-6(11)5(7)10/h12H,2-4H2,1H3,(H2,7,10)(H,8,11). The van der Waals surface area contributed by atoms with Crippen molar-refractivity contribution < 1.29 is 14.8 Å². The van der Waals surface area contributed by atoms with Crippen molar-refractivity contribution in [1.29, 1.82) is 0 Å². The lowest BCUT2D eigenvalue weighted by atomic mass is 10.5. The first kappa shape index (κ1) is 10.9. The molecule has 0 aromatic heterocycles. The summed E-state index contributed by atoms with van der Waals surface area (Å²) in [5.74, 6) is -1.85. The van der Waals surface area contributed by atoms with Crippen molar-refractivity contribution >= 4 is 11.8 Å². The highest BCUT2D eigenvalue weighted by molar-refractivity contribution is 6.34. The lowest BCUT2D eigenvalue weighted by Crippen LogP contribution is -2.39. The minimum atomic E-state index is -1.02. The fraction of sp³-hybridized carbons (Fsp3) is 0.667. The van der Waals surface area contributed by atoms with E-state index in [0.717, 1.165) is 5.06 Å². The molecule has 4 N–H and O–H groups in total. The van der Waals surface area contributed by atoms with Gasteiger partial charge in [-0.1, -0.05) is 6.92 Å². The molecule has 0 aromatic rings. The molecule has 0 saturated heterocycles. The van der Waals surface area contributed by atoms with E-state index in [2.05, 4.69) is 11.1 Å². The highest BCUT2D eigenvalue weighted by atomic mass is 16.5. The predicted molar refractivity (Wildman–Crippen MR) is 41.2 cm³/mol. The molecule has 0 saturated carbocycles. The quantitative estimate of drug-likeness (QED) is 0.350. The summed E-state index contributed by atoms with van der Waals surface area (Å²) in [5.41, 5.74) is 4.66. The molecule has 0 rings (SSSR count). The Morgan fingerprint density at radius 3 is 2.58 bits per heavy atom. The fourth-order valence-electron chi connectivity index (χ4n) is 0.544. The highest BCUT2D eigenvalue weighted by Crippen LogP contribution is 1.76. The summed E-state index contributed by atoms with van der Waals surface area (Å²) in [7, 11) is 0. The second kappa shape index (κ2) is 5.50. The molecular weight excluding hydrogens is 162 g/mol. The molecule has 0 fully saturated rings. The maximum atomic E-state index is 10.5. The number of carbonyl (C=O) groups is 2. The molecule has 6 heteroatoms. The van der Waals surface area contributed by atoms with Crippen molar-refractivity contribution in [2.75, 3.05) is 19.6 Å². The first-order chi connectivity index (χ1) is 5.57. The van der Waals surface area contributed by atoms with E-state index in [1.165, 1.54) is 0 Å². The van der Waals surface area contributed by atoms with E-state index in [-0.39, 0.29) is 13.1 Å². The summed E-state index contributed by atoms with van der Waals surface area (Å²) in [5, 5.41) is 12.1. The molecule has 0 radical (unpaired) electrons. The van der Waals surface area contributed by atoms with Crippen LogP contribution in [0.5, 0.6) is 0 Å². The molecule has 70 valence electrons. The Kier molecular flexibility index (Phi) is 4.98. The van der Waals surface area contributed by atoms with Crippen molar-refractivity contribution in [2.24, 2.45) is 5.73 Å². The first-order valence-electron chi connectivity index (χ1n) is 3.59. The van der Waals surface area contributed by atoms with Crippen LogP contribution in [0.25, 0.3) is 0 Å². The third kappa shape index (κ3) is 4.64. The molecule has 0 aromatic carbocycles. The van der Waals surface area contributed by atoms with Gasteiger partial charge in [0.05, 0.1) is 0 Å². The molecule has 0 spiro atoms. The van der Waals surface area contributed by atoms with Gasteiger partial charge in [-0.05, 0) is 0 Å². The molecule has 0 bridgehead atoms. The topological polar surface area (TPSA) is 95.7 Å². The lowest BCUT2D eigenvalue weighted by molar-refractivity contribution is -0.137. The van der Waals surface area contributed by atoms with Gasteiger partial charge in [0.25, 0.3) is 0 Å². The number of likely N-dealkylation sites (N-methyl/N-ethyl adjacent to an activating group) is 1. The minimum absolute atomic E-state index is 0.201. The molecule has 0 aliphatic rings. The molecule has 0 aliphatic heterocycles. The number of hydroxylamine groups is 2. The van der Waals surface area contributed by atoms with E-state index < -0.39 is 11.8 Å². The number of rotatable bonds is 4. The molecule has 6 nitrogen and oxygen atoms in total. The van der Waals surface area contributed by atoms with Gasteiger partial charge in [0.2, 0.25) is 0 Å². The van der Waals surface area contributed by atoms with Crippen molar-refractivity contribution in [3.63, 3.8) is 0 Å². The summed E-state index contributed by atoms with van der Waals surface area (Å²) in [6.45, 7) is 2.70. The number of nitrogens with two attached hydrogens (primary N) is 1. The van der Waals surface area contributed by atoms with Crippen LogP contribution in [0.3, 0.4) is 0 Å². The summed E-state index contributed by atoms with van der Waals surface area (Å²) < 4.78 is 0. The van der Waals surface area contributed by atoms with Gasteiger partial charge in [0.1, 0.15) is 0 Å². The van der Waals surface area contributed by atoms with Gasteiger partial charge in [0.15, 0.2) is 0 Å². The van der Waals surface area contributed by atoms with Crippen LogP contribution in [-0.4, -0.2) is 41.7 Å². The Balaban J connectivity index is 3.44. The zero-order chi connectivity index (χ0) is 9.56. The molecule has 0 aliphatic carbocycles. The van der Waals surface area contributed by atoms with E-state index in [1.54, 1.807) is 6.92 Å². The normalized spacial score (nSPS) is 9.92. The Morgan fingerprint density at radius 2 is 2.17 bits per heavy atom. The van der Waals surface area contributed by atoms with Crippen LogP contribution < -0.4 is 11.1 Å². The van der Waals surface area contributed by atoms with Crippen LogP contribution >= 0.6 is 0 Å². The smallest absolute Gasteiger partial charge is 0.309 e. The average molecular weight is 175 g/mol. The Hall–Kier alpha value is -1.14. The monoisotopic (exact) mass is 175 g/mol. The molecular formula is C6H13N3O3. The van der Waals surface area contributed by atoms with Crippen molar-refractivity contribution in [1.82, 2.24) is 10.4 Å². The summed E-state index contributed by atoms with van der Waals surface area (Å²) in [6.07, 6.45) is 0. The zero-order valence-electron chi connectivity index (χ0n) is 6.91. The second-order valence-electron chi connectivity index (χ2n) is 2.17. The number of amides is 2. The van der Waals surface area contributed by atoms with E-state index in [9.17, 15) is 9.59 Å². The van der Waals surface area contributed by atoms with Crippen LogP contribution in [0.15, 0.2) is 0 Å². The number of carbonyl (C=O) groups excluding carboxylic acids is 2. The maximum absolute atomic E-state index is 10.5. The Bertz CT molecular complexity index is 171. The lowest BCUT2D eigenvalue weighted by Gasteiger charge is -2.11. The van der Waals surface area contributed by atoms with E-state index in [4.69, 9.17) is 5.21 Å². The Labute approximate surface area is 70.3 Å². The summed E-state index contributed by atoms with van der Waals surface area (Å²) >= 11 is 0. The van der Waals surface area contributed by atoms with E-state index in [0.29, 0.717) is 6.54 Å². The number of hydrogen-bond donors (Lipinski definition) is 3. The van der Waals surface area contributed by atoms with Crippen LogP contribution in [0.2, 0.25) is 0 Å². The van der Waals surface area contributed by atoms with Crippen LogP contribution in [0, 0.1) is 0 Å². The third-order valence-electron chi connectivity index (χ3n) is 1.24. The van der Waals surface area contributed by atoms with Crippen LogP contribution in [-0.2, 0) is 9.59 Å². The molecule has 0 heterocycles. The summed E-state index contributed by atoms with van der Waals surface area (Å²) in [4.78, 5) is 20.7. The second-order valence-corrected chi connectivity index (χ2v) is 2.17. The van der Waals surface area contributed by atoms with E-state index >= 15 is 0 Å². The van der Waals surface area contributed by atoms with Gasteiger partial charge >= 0.3 is 11.8 Å². The Morgan fingerprint density at radius 1 is 1.58 bits per heavy atom. The largest absolute Gasteiger partial charge is 0.361 e. The molecule has 0 atom stereocenters. The SMILES string of the molecule is CCN(O)CCNC(=O)C(N)=O. The summed E-state index contributed by atoms with van der Waals surface area (Å²) in [6, 6.07) is 0. The van der Waals surface area contributed by atoms with Crippen LogP contribution in [0.4, 0.5) is 0 Å². The average Bonchev–Trinajstić information content (AvgIpc) is 2.03. The number of nitrogens with zero attached hydrogens (tertiary/aromatic N) is 1. The number of nitrogens with one attached hydrogen (secondary N) is 1. The predicted octanol–water partition coefficient (Wildman–Crippen LogP) is -1.70. The fourth-order valence-corrected chi connectivity index (χ4v) is 0.544. The van der Waals surface area contributed by atoms with Gasteiger partial charge in [0, 0.05) is 19.6 Å². The van der Waals surface area contributed by atoms with Crippen molar-refractivity contribution in [2.45, 2.75) is 6.92 Å². The minimum Gasteiger partial charge on any atom is -0.361 e. The van der Waals surface area contributed by atoms with Crippen molar-refractivity contribution in [3.8, 4) is 0 Å². The van der Waals surface area contributed by atoms with Gasteiger partial charge in [-0.25, -0.2) is 0 Å². The van der Waals surface area contributed by atoms with Crippen LogP contribution in [0.1, 0.15) is 6.92 Å². The highest BCUT2D eigenvalue weighted by Gasteiger charge is 2.06. The molecule has 0 unspecified atom stereocenters. The van der Waals surface area contributed by atoms with Crippen molar-refractivity contribution in [3.05, 3.63) is 0 Å². The van der Waals surface area contributed by atoms with Gasteiger partial charge < -0.3 is 16.3 Å². The number of primary amides is 1. The zero-order valence-corrected chi connectivity index (χ0v) is 6.91. The number of hydrogen-bond acceptors (Lipinski definition) is 4. The molecule has 12 heavy (non-hydrogen) atoms. The van der Waals surface area contributed by atoms with Gasteiger partial charge in [-0.3, -0.25) is 9.59 Å². The maximum Gasteiger partial charge on any atom is 0.309 e. The van der Waals surface area contributed by atoms with E-state index in [1.807, 2.05) is 0 Å². The van der Waals surface area contributed by atoms with Gasteiger partial charge in [-0.15, -0.1) is 0 Å². The first-order valence-corrected chi connectivity index (χ1v) is 3.59. The van der Waals surface area contributed by atoms with Gasteiger partial charge in [-0.2, -0.15) is 5.06 Å². The third-order valence-corrected chi connectivity index (χ3v) is 1.24.